The van der Waals surface area contributed by atoms with Crippen molar-refractivity contribution in [2.45, 2.75) is 64.9 Å². The highest BCUT2D eigenvalue weighted by Gasteiger charge is 2.10. The summed E-state index contributed by atoms with van der Waals surface area (Å²) in [7, 11) is 0. The molecule has 0 aliphatic rings. The van der Waals surface area contributed by atoms with Crippen molar-refractivity contribution in [3.63, 3.8) is 0 Å². The second kappa shape index (κ2) is 8.95. The number of aliphatic hydroxyl groups is 1. The first-order chi connectivity index (χ1) is 12.7. The van der Waals surface area contributed by atoms with E-state index in [1.165, 1.54) is 24.8 Å². The quantitative estimate of drug-likeness (QED) is 0.560. The minimum absolute atomic E-state index is 0.289. The molecule has 0 saturated heterocycles. The predicted octanol–water partition coefficient (Wildman–Crippen LogP) is 4.86. The van der Waals surface area contributed by atoms with E-state index in [4.69, 9.17) is 0 Å². The van der Waals surface area contributed by atoms with Crippen LogP contribution in [0, 0.1) is 0 Å². The maximum Gasteiger partial charge on any atom is 0.113 e. The number of hydrogen-bond donors (Lipinski definition) is 1. The van der Waals surface area contributed by atoms with E-state index in [0.717, 1.165) is 41.5 Å². The average Bonchev–Trinajstić information content (AvgIpc) is 3.06. The molecule has 0 unspecified atom stereocenters. The molecule has 0 saturated carbocycles. The third kappa shape index (κ3) is 4.70. The molecule has 0 amide bonds. The van der Waals surface area contributed by atoms with Gasteiger partial charge in [-0.3, -0.25) is 0 Å². The first-order valence-corrected chi connectivity index (χ1v) is 9.83. The summed E-state index contributed by atoms with van der Waals surface area (Å²) in [5, 5.41) is 19.5. The fourth-order valence-electron chi connectivity index (χ4n) is 3.38. The summed E-state index contributed by atoms with van der Waals surface area (Å²) < 4.78 is 0. The smallest absolute Gasteiger partial charge is 0.113 e. The third-order valence-electron chi connectivity index (χ3n) is 4.72. The van der Waals surface area contributed by atoms with E-state index in [0.29, 0.717) is 6.42 Å². The molecule has 3 rings (SSSR count). The van der Waals surface area contributed by atoms with Gasteiger partial charge in [0.2, 0.25) is 0 Å². The van der Waals surface area contributed by atoms with Crippen LogP contribution in [0.25, 0.3) is 16.7 Å². The average molecular weight is 351 g/mol. The maximum atomic E-state index is 10.2. The number of rotatable bonds is 9. The van der Waals surface area contributed by atoms with Gasteiger partial charge in [0.25, 0.3) is 0 Å². The van der Waals surface area contributed by atoms with Gasteiger partial charge in [0, 0.05) is 0 Å². The molecule has 138 valence electrons. The molecular formula is C22H29N3O. The minimum Gasteiger partial charge on any atom is -0.393 e. The molecular weight excluding hydrogens is 322 g/mol. The Kier molecular flexibility index (Phi) is 6.40. The molecule has 26 heavy (non-hydrogen) atoms. The van der Waals surface area contributed by atoms with Crippen molar-refractivity contribution in [3.8, 4) is 5.69 Å². The monoisotopic (exact) mass is 351 g/mol. The van der Waals surface area contributed by atoms with E-state index in [1.807, 2.05) is 24.3 Å². The lowest BCUT2D eigenvalue weighted by Gasteiger charge is -2.13. The van der Waals surface area contributed by atoms with Crippen molar-refractivity contribution in [3.05, 3.63) is 53.6 Å². The van der Waals surface area contributed by atoms with Gasteiger partial charge in [0.1, 0.15) is 11.0 Å². The van der Waals surface area contributed by atoms with Crippen molar-refractivity contribution in [2.24, 2.45) is 0 Å². The Balaban J connectivity index is 1.92. The van der Waals surface area contributed by atoms with Gasteiger partial charge in [0.05, 0.1) is 11.8 Å². The number of unbranched alkanes of at least 4 members (excludes halogenated alkanes) is 2. The summed E-state index contributed by atoms with van der Waals surface area (Å²) in [6.45, 7) is 4.33. The van der Waals surface area contributed by atoms with E-state index < -0.39 is 0 Å². The van der Waals surface area contributed by atoms with Gasteiger partial charge in [0.15, 0.2) is 0 Å². The van der Waals surface area contributed by atoms with E-state index >= 15 is 0 Å². The zero-order valence-electron chi connectivity index (χ0n) is 15.9. The lowest BCUT2D eigenvalue weighted by Crippen LogP contribution is -2.11. The molecule has 0 spiro atoms. The molecule has 4 heteroatoms. The van der Waals surface area contributed by atoms with Crippen LogP contribution >= 0.6 is 0 Å². The Morgan fingerprint density at radius 1 is 0.923 bits per heavy atom. The second-order valence-corrected chi connectivity index (χ2v) is 7.09. The summed E-state index contributed by atoms with van der Waals surface area (Å²) in [6.07, 6.45) is 6.92. The molecule has 0 fully saturated rings. The minimum atomic E-state index is -0.289. The molecule has 2 aromatic carbocycles. The van der Waals surface area contributed by atoms with Gasteiger partial charge in [-0.05, 0) is 61.1 Å². The number of hydrogen-bond acceptors (Lipinski definition) is 3. The molecule has 1 atom stereocenters. The molecule has 1 N–H and O–H groups in total. The van der Waals surface area contributed by atoms with Gasteiger partial charge < -0.3 is 5.11 Å². The zero-order valence-corrected chi connectivity index (χ0v) is 15.9. The van der Waals surface area contributed by atoms with Gasteiger partial charge in [-0.1, -0.05) is 51.3 Å². The van der Waals surface area contributed by atoms with E-state index in [2.05, 4.69) is 42.2 Å². The Bertz CT molecular complexity index is 807. The normalized spacial score (nSPS) is 12.6. The van der Waals surface area contributed by atoms with Gasteiger partial charge in [-0.2, -0.15) is 4.80 Å². The molecule has 0 aliphatic carbocycles. The summed E-state index contributed by atoms with van der Waals surface area (Å²) in [4.78, 5) is 1.73. The van der Waals surface area contributed by atoms with Gasteiger partial charge >= 0.3 is 0 Å². The highest BCUT2D eigenvalue weighted by molar-refractivity contribution is 5.73. The maximum absolute atomic E-state index is 10.2. The van der Waals surface area contributed by atoms with Crippen molar-refractivity contribution in [1.29, 1.82) is 0 Å². The van der Waals surface area contributed by atoms with Crippen LogP contribution in [0.4, 0.5) is 0 Å². The fourth-order valence-corrected chi connectivity index (χ4v) is 3.38. The topological polar surface area (TPSA) is 50.9 Å². The van der Waals surface area contributed by atoms with Crippen molar-refractivity contribution >= 4 is 11.0 Å². The first-order valence-electron chi connectivity index (χ1n) is 9.83. The van der Waals surface area contributed by atoms with Crippen molar-refractivity contribution in [2.75, 3.05) is 0 Å². The molecule has 4 nitrogen and oxygen atoms in total. The Morgan fingerprint density at radius 3 is 2.27 bits per heavy atom. The number of benzene rings is 2. The molecule has 0 bridgehead atoms. The number of aliphatic hydroxyl groups excluding tert-OH is 1. The number of nitrogens with zero attached hydrogens (tertiary/aromatic N) is 3. The zero-order chi connectivity index (χ0) is 18.4. The predicted molar refractivity (Wildman–Crippen MR) is 107 cm³/mol. The van der Waals surface area contributed by atoms with Crippen molar-refractivity contribution < 1.29 is 5.11 Å². The molecule has 1 aromatic heterocycles. The highest BCUT2D eigenvalue weighted by atomic mass is 16.3. The summed E-state index contributed by atoms with van der Waals surface area (Å²) in [5.41, 5.74) is 5.24. The first kappa shape index (κ1) is 18.6. The molecule has 1 heterocycles. The number of fused-ring (bicyclic) bond motifs is 1. The van der Waals surface area contributed by atoms with Gasteiger partial charge in [-0.15, -0.1) is 10.2 Å². The van der Waals surface area contributed by atoms with Crippen LogP contribution in [0.3, 0.4) is 0 Å². The standard InChI is InChI=1S/C22H29N3O/c1-3-5-6-10-17-13-18(16-20(26)9-4-2)15-19(14-17)25-23-21-11-7-8-12-22(21)24-25/h7-8,11-15,20,26H,3-6,9-10,16H2,1-2H3/t20-/m0/s1. The Hall–Kier alpha value is -2.20. The summed E-state index contributed by atoms with van der Waals surface area (Å²) in [6, 6.07) is 14.5. The van der Waals surface area contributed by atoms with Gasteiger partial charge in [-0.25, -0.2) is 0 Å². The Labute approximate surface area is 155 Å². The molecule has 3 aromatic rings. The fraction of sp³-hybridized carbons (Fsp3) is 0.455. The number of aryl methyl sites for hydroxylation is 1. The molecule has 0 radical (unpaired) electrons. The van der Waals surface area contributed by atoms with Crippen molar-refractivity contribution in [1.82, 2.24) is 15.0 Å². The van der Waals surface area contributed by atoms with Crippen LogP contribution in [-0.4, -0.2) is 26.2 Å². The largest absolute Gasteiger partial charge is 0.393 e. The van der Waals surface area contributed by atoms with Crippen LogP contribution in [0.5, 0.6) is 0 Å². The summed E-state index contributed by atoms with van der Waals surface area (Å²) in [5.74, 6) is 0. The van der Waals surface area contributed by atoms with Crippen LogP contribution in [0.15, 0.2) is 42.5 Å². The summed E-state index contributed by atoms with van der Waals surface area (Å²) >= 11 is 0. The third-order valence-corrected chi connectivity index (χ3v) is 4.72. The number of aromatic nitrogens is 3. The van der Waals surface area contributed by atoms with E-state index in [9.17, 15) is 5.11 Å². The van der Waals surface area contributed by atoms with Crippen LogP contribution in [-0.2, 0) is 12.8 Å². The second-order valence-electron chi connectivity index (χ2n) is 7.09. The Morgan fingerprint density at radius 2 is 1.62 bits per heavy atom. The van der Waals surface area contributed by atoms with Crippen LogP contribution in [0.1, 0.15) is 57.1 Å². The van der Waals surface area contributed by atoms with E-state index in [1.54, 1.807) is 4.80 Å². The molecule has 0 aliphatic heterocycles. The SMILES string of the molecule is CCCCCc1cc(C[C@@H](O)CCC)cc(-n2nc3ccccc3n2)c1. The lowest BCUT2D eigenvalue weighted by atomic mass is 9.99. The van der Waals surface area contributed by atoms with Crippen LogP contribution in [0.2, 0.25) is 0 Å². The lowest BCUT2D eigenvalue weighted by molar-refractivity contribution is 0.164. The van der Waals surface area contributed by atoms with E-state index in [-0.39, 0.29) is 6.10 Å². The highest BCUT2D eigenvalue weighted by Crippen LogP contribution is 2.19. The van der Waals surface area contributed by atoms with Crippen LogP contribution < -0.4 is 0 Å².